The van der Waals surface area contributed by atoms with Crippen molar-refractivity contribution in [3.63, 3.8) is 0 Å². The molecule has 5 rings (SSSR count). The van der Waals surface area contributed by atoms with Crippen LogP contribution in [-0.4, -0.2) is 56.8 Å². The van der Waals surface area contributed by atoms with Crippen LogP contribution in [0.25, 0.3) is 21.9 Å². The Bertz CT molecular complexity index is 1480. The van der Waals surface area contributed by atoms with Gasteiger partial charge in [-0.1, -0.05) is 6.07 Å². The number of benzene rings is 2. The first-order valence-corrected chi connectivity index (χ1v) is 12.3. The van der Waals surface area contributed by atoms with Crippen LogP contribution in [0, 0.1) is 0 Å². The van der Waals surface area contributed by atoms with E-state index in [2.05, 4.69) is 20.9 Å². The first kappa shape index (κ1) is 23.9. The van der Waals surface area contributed by atoms with Crippen LogP contribution >= 0.6 is 0 Å². The van der Waals surface area contributed by atoms with Crippen LogP contribution in [0.15, 0.2) is 62.7 Å². The second kappa shape index (κ2) is 10.5. The molecule has 0 radical (unpaired) electrons. The van der Waals surface area contributed by atoms with Gasteiger partial charge in [0.05, 0.1) is 31.4 Å². The molecular weight excluding hydrogens is 458 g/mol. The second-order valence-electron chi connectivity index (χ2n) is 9.14. The van der Waals surface area contributed by atoms with Crippen molar-refractivity contribution >= 4 is 27.6 Å². The minimum atomic E-state index is -0.0779. The van der Waals surface area contributed by atoms with Crippen LogP contribution in [0.2, 0.25) is 0 Å². The van der Waals surface area contributed by atoms with E-state index in [9.17, 15) is 9.59 Å². The van der Waals surface area contributed by atoms with E-state index in [0.29, 0.717) is 34.5 Å². The Hall–Kier alpha value is -3.78. The number of piperazine rings is 1. The lowest BCUT2D eigenvalue weighted by atomic mass is 10.1. The SMILES string of the molecule is COc1cc2occ(CCCCN3CCN(c4cccc5[nH]c(=O)ccc45)CC3)c(=O)c2cc1OC. The summed E-state index contributed by atoms with van der Waals surface area (Å²) in [5, 5.41) is 1.59. The Balaban J connectivity index is 1.15. The molecule has 0 aliphatic carbocycles. The summed E-state index contributed by atoms with van der Waals surface area (Å²) < 4.78 is 16.4. The van der Waals surface area contributed by atoms with Crippen molar-refractivity contribution in [2.75, 3.05) is 51.8 Å². The average Bonchev–Trinajstić information content (AvgIpc) is 2.91. The zero-order valence-electron chi connectivity index (χ0n) is 20.7. The molecule has 1 aliphatic heterocycles. The largest absolute Gasteiger partial charge is 0.493 e. The normalized spacial score (nSPS) is 14.4. The van der Waals surface area contributed by atoms with E-state index in [-0.39, 0.29) is 11.0 Å². The number of nitrogens with one attached hydrogen (secondary N) is 1. The lowest BCUT2D eigenvalue weighted by Gasteiger charge is -2.36. The van der Waals surface area contributed by atoms with Crippen LogP contribution in [0.4, 0.5) is 5.69 Å². The summed E-state index contributed by atoms with van der Waals surface area (Å²) in [5.74, 6) is 1.06. The maximum absolute atomic E-state index is 13.0. The Labute approximate surface area is 209 Å². The molecule has 4 aromatic rings. The summed E-state index contributed by atoms with van der Waals surface area (Å²) in [5.41, 5.74) is 3.14. The maximum atomic E-state index is 13.0. The van der Waals surface area contributed by atoms with E-state index < -0.39 is 0 Å². The van der Waals surface area contributed by atoms with Gasteiger partial charge >= 0.3 is 0 Å². The van der Waals surface area contributed by atoms with E-state index in [1.54, 1.807) is 38.7 Å². The quantitative estimate of drug-likeness (QED) is 0.377. The number of aromatic amines is 1. The fourth-order valence-corrected chi connectivity index (χ4v) is 4.98. The van der Waals surface area contributed by atoms with Crippen molar-refractivity contribution < 1.29 is 13.9 Å². The molecule has 0 saturated carbocycles. The number of nitrogens with zero attached hydrogens (tertiary/aromatic N) is 2. The predicted octanol–water partition coefficient (Wildman–Crippen LogP) is 3.80. The number of methoxy groups -OCH3 is 2. The van der Waals surface area contributed by atoms with Crippen LogP contribution in [0.1, 0.15) is 18.4 Å². The highest BCUT2D eigenvalue weighted by Crippen LogP contribution is 2.31. The highest BCUT2D eigenvalue weighted by Gasteiger charge is 2.19. The standard InChI is InChI=1S/C28H31N3O5/c1-34-25-16-21-24(17-26(25)35-2)36-18-19(28(21)33)6-3-4-11-30-12-14-31(15-13-30)23-8-5-7-22-20(23)9-10-27(32)29-22/h5,7-10,16-18H,3-4,6,11-15H2,1-2H3,(H,29,32). The highest BCUT2D eigenvalue weighted by atomic mass is 16.5. The van der Waals surface area contributed by atoms with E-state index in [1.165, 1.54) is 5.69 Å². The van der Waals surface area contributed by atoms with Crippen molar-refractivity contribution in [3.8, 4) is 11.5 Å². The molecular formula is C28H31N3O5. The third kappa shape index (κ3) is 4.81. The fourth-order valence-electron chi connectivity index (χ4n) is 4.98. The van der Waals surface area contributed by atoms with E-state index >= 15 is 0 Å². The van der Waals surface area contributed by atoms with Crippen LogP contribution in [0.5, 0.6) is 11.5 Å². The minimum absolute atomic E-state index is 0.0118. The maximum Gasteiger partial charge on any atom is 0.248 e. The molecule has 0 unspecified atom stereocenters. The molecule has 1 fully saturated rings. The predicted molar refractivity (Wildman–Crippen MR) is 142 cm³/mol. The molecule has 0 amide bonds. The molecule has 1 aliphatic rings. The second-order valence-corrected chi connectivity index (χ2v) is 9.14. The van der Waals surface area contributed by atoms with E-state index in [4.69, 9.17) is 13.9 Å². The monoisotopic (exact) mass is 489 g/mol. The van der Waals surface area contributed by atoms with Gasteiger partial charge in [0, 0.05) is 54.9 Å². The minimum Gasteiger partial charge on any atom is -0.493 e. The molecule has 2 aromatic carbocycles. The molecule has 0 bridgehead atoms. The number of aromatic nitrogens is 1. The fraction of sp³-hybridized carbons (Fsp3) is 0.357. The van der Waals surface area contributed by atoms with E-state index in [1.807, 2.05) is 18.2 Å². The van der Waals surface area contributed by atoms with Crippen LogP contribution in [0.3, 0.4) is 0 Å². The number of fused-ring (bicyclic) bond motifs is 2. The lowest BCUT2D eigenvalue weighted by Crippen LogP contribution is -2.46. The summed E-state index contributed by atoms with van der Waals surface area (Å²) in [6, 6.07) is 12.9. The number of ether oxygens (including phenoxy) is 2. The van der Waals surface area contributed by atoms with Crippen molar-refractivity contribution in [2.24, 2.45) is 0 Å². The topological polar surface area (TPSA) is 88.0 Å². The zero-order valence-corrected chi connectivity index (χ0v) is 20.7. The Morgan fingerprint density at radius 2 is 1.69 bits per heavy atom. The first-order chi connectivity index (χ1) is 17.6. The Kier molecular flexibility index (Phi) is 6.95. The van der Waals surface area contributed by atoms with Gasteiger partial charge in [-0.3, -0.25) is 14.5 Å². The number of rotatable bonds is 8. The molecule has 36 heavy (non-hydrogen) atoms. The first-order valence-electron chi connectivity index (χ1n) is 12.3. The van der Waals surface area contributed by atoms with Crippen molar-refractivity contribution in [1.82, 2.24) is 9.88 Å². The van der Waals surface area contributed by atoms with Gasteiger partial charge in [0.15, 0.2) is 16.9 Å². The zero-order chi connectivity index (χ0) is 25.1. The van der Waals surface area contributed by atoms with Gasteiger partial charge < -0.3 is 23.8 Å². The van der Waals surface area contributed by atoms with Crippen molar-refractivity contribution in [3.05, 3.63) is 74.9 Å². The van der Waals surface area contributed by atoms with Gasteiger partial charge in [-0.05, 0) is 50.1 Å². The van der Waals surface area contributed by atoms with Gasteiger partial charge in [0.1, 0.15) is 5.58 Å². The number of H-pyrrole nitrogens is 1. The van der Waals surface area contributed by atoms with Crippen molar-refractivity contribution in [2.45, 2.75) is 19.3 Å². The summed E-state index contributed by atoms with van der Waals surface area (Å²) in [6.45, 7) is 4.86. The average molecular weight is 490 g/mol. The lowest BCUT2D eigenvalue weighted by molar-refractivity contribution is 0.253. The molecule has 8 heteroatoms. The van der Waals surface area contributed by atoms with Gasteiger partial charge in [-0.25, -0.2) is 0 Å². The molecule has 3 heterocycles. The molecule has 1 N–H and O–H groups in total. The summed E-state index contributed by atoms with van der Waals surface area (Å²) in [4.78, 5) is 32.4. The Morgan fingerprint density at radius 3 is 2.47 bits per heavy atom. The van der Waals surface area contributed by atoms with Crippen molar-refractivity contribution in [1.29, 1.82) is 0 Å². The molecule has 0 atom stereocenters. The third-order valence-electron chi connectivity index (χ3n) is 6.98. The van der Waals surface area contributed by atoms with E-state index in [0.717, 1.165) is 56.5 Å². The van der Waals surface area contributed by atoms with Gasteiger partial charge in [-0.2, -0.15) is 0 Å². The van der Waals surface area contributed by atoms with Gasteiger partial charge in [-0.15, -0.1) is 0 Å². The number of aryl methyl sites for hydroxylation is 1. The smallest absolute Gasteiger partial charge is 0.248 e. The highest BCUT2D eigenvalue weighted by molar-refractivity contribution is 5.91. The molecule has 2 aromatic heterocycles. The van der Waals surface area contributed by atoms with Gasteiger partial charge in [0.25, 0.3) is 0 Å². The molecule has 1 saturated heterocycles. The molecule has 0 spiro atoms. The molecule has 8 nitrogen and oxygen atoms in total. The number of hydrogen-bond acceptors (Lipinski definition) is 7. The Morgan fingerprint density at radius 1 is 0.917 bits per heavy atom. The van der Waals surface area contributed by atoms with Crippen LogP contribution < -0.4 is 25.4 Å². The summed E-state index contributed by atoms with van der Waals surface area (Å²) in [7, 11) is 3.11. The summed E-state index contributed by atoms with van der Waals surface area (Å²) >= 11 is 0. The number of anilines is 1. The number of pyridine rings is 1. The molecule has 188 valence electrons. The van der Waals surface area contributed by atoms with Crippen LogP contribution in [-0.2, 0) is 6.42 Å². The summed E-state index contributed by atoms with van der Waals surface area (Å²) in [6.07, 6.45) is 4.19. The van der Waals surface area contributed by atoms with Gasteiger partial charge in [0.2, 0.25) is 5.56 Å². The number of hydrogen-bond donors (Lipinski definition) is 1. The third-order valence-corrected chi connectivity index (χ3v) is 6.98. The number of unbranched alkanes of at least 4 members (excludes halogenated alkanes) is 1.